The van der Waals surface area contributed by atoms with Crippen molar-refractivity contribution in [2.24, 2.45) is 0 Å². The van der Waals surface area contributed by atoms with Crippen LogP contribution in [0.15, 0.2) is 18.2 Å². The van der Waals surface area contributed by atoms with Crippen LogP contribution in [0.25, 0.3) is 0 Å². The second-order valence-corrected chi connectivity index (χ2v) is 5.35. The van der Waals surface area contributed by atoms with Crippen molar-refractivity contribution in [1.82, 2.24) is 4.90 Å². The molecular weight excluding hydrogens is 262 g/mol. The Labute approximate surface area is 119 Å². The van der Waals surface area contributed by atoms with Crippen molar-refractivity contribution in [3.63, 3.8) is 0 Å². The van der Waals surface area contributed by atoms with Crippen molar-refractivity contribution in [2.45, 2.75) is 32.1 Å². The summed E-state index contributed by atoms with van der Waals surface area (Å²) in [7, 11) is 1.59. The zero-order chi connectivity index (χ0) is 13.7. The normalized spacial score (nSPS) is 16.0. The third kappa shape index (κ3) is 3.87. The second-order valence-electron chi connectivity index (χ2n) is 4.94. The van der Waals surface area contributed by atoms with E-state index in [1.54, 1.807) is 7.11 Å². The molecule has 0 unspecified atom stereocenters. The van der Waals surface area contributed by atoms with Gasteiger partial charge in [-0.05, 0) is 30.5 Å². The fourth-order valence-corrected chi connectivity index (χ4v) is 2.71. The molecule has 1 aromatic carbocycles. The summed E-state index contributed by atoms with van der Waals surface area (Å²) < 4.78 is 5.11. The van der Waals surface area contributed by atoms with Gasteiger partial charge < -0.3 is 9.64 Å². The van der Waals surface area contributed by atoms with Crippen molar-refractivity contribution in [2.75, 3.05) is 20.2 Å². The molecule has 1 aliphatic rings. The molecule has 1 amide bonds. The largest absolute Gasteiger partial charge is 0.495 e. The van der Waals surface area contributed by atoms with Crippen LogP contribution in [-0.2, 0) is 11.2 Å². The summed E-state index contributed by atoms with van der Waals surface area (Å²) in [6.07, 6.45) is 5.13. The van der Waals surface area contributed by atoms with Crippen LogP contribution < -0.4 is 4.74 Å². The summed E-state index contributed by atoms with van der Waals surface area (Å²) in [5, 5.41) is 0.559. The highest BCUT2D eigenvalue weighted by Crippen LogP contribution is 2.25. The molecule has 0 radical (unpaired) electrons. The number of nitrogens with zero attached hydrogens (tertiary/aromatic N) is 1. The molecule has 19 heavy (non-hydrogen) atoms. The maximum absolute atomic E-state index is 12.2. The molecule has 1 aliphatic heterocycles. The number of carbonyl (C=O) groups is 1. The smallest absolute Gasteiger partial charge is 0.226 e. The molecule has 1 fully saturated rings. The molecule has 3 nitrogen and oxygen atoms in total. The molecule has 0 spiro atoms. The molecule has 0 aliphatic carbocycles. The molecule has 104 valence electrons. The number of hydrogen-bond acceptors (Lipinski definition) is 2. The Bertz CT molecular complexity index is 440. The summed E-state index contributed by atoms with van der Waals surface area (Å²) in [5.41, 5.74) is 0.944. The fourth-order valence-electron chi connectivity index (χ4n) is 2.43. The third-order valence-corrected chi connectivity index (χ3v) is 3.83. The van der Waals surface area contributed by atoms with Gasteiger partial charge in [0.1, 0.15) is 5.75 Å². The number of rotatable bonds is 3. The number of ether oxygens (including phenoxy) is 1. The first-order chi connectivity index (χ1) is 9.20. The lowest BCUT2D eigenvalue weighted by atomic mass is 10.1. The molecule has 0 N–H and O–H groups in total. The predicted molar refractivity (Wildman–Crippen MR) is 76.8 cm³/mol. The average molecular weight is 282 g/mol. The van der Waals surface area contributed by atoms with Gasteiger partial charge in [0.15, 0.2) is 0 Å². The van der Waals surface area contributed by atoms with Crippen LogP contribution in [0.2, 0.25) is 5.02 Å². The van der Waals surface area contributed by atoms with E-state index in [1.807, 2.05) is 23.1 Å². The van der Waals surface area contributed by atoms with Gasteiger partial charge in [-0.3, -0.25) is 4.79 Å². The minimum absolute atomic E-state index is 0.197. The van der Waals surface area contributed by atoms with E-state index in [0.717, 1.165) is 31.5 Å². The molecule has 1 saturated heterocycles. The minimum Gasteiger partial charge on any atom is -0.495 e. The summed E-state index contributed by atoms with van der Waals surface area (Å²) in [5.74, 6) is 0.843. The van der Waals surface area contributed by atoms with Gasteiger partial charge in [0.25, 0.3) is 0 Å². The first-order valence-corrected chi connectivity index (χ1v) is 7.18. The second kappa shape index (κ2) is 6.80. The monoisotopic (exact) mass is 281 g/mol. The summed E-state index contributed by atoms with van der Waals surface area (Å²) in [4.78, 5) is 14.2. The lowest BCUT2D eigenvalue weighted by Gasteiger charge is -2.20. The Morgan fingerprint density at radius 3 is 2.53 bits per heavy atom. The Kier molecular flexibility index (Phi) is 5.08. The van der Waals surface area contributed by atoms with Crippen LogP contribution in [0.3, 0.4) is 0 Å². The van der Waals surface area contributed by atoms with E-state index < -0.39 is 0 Å². The van der Waals surface area contributed by atoms with Crippen molar-refractivity contribution in [1.29, 1.82) is 0 Å². The van der Waals surface area contributed by atoms with Crippen molar-refractivity contribution >= 4 is 17.5 Å². The lowest BCUT2D eigenvalue weighted by Crippen LogP contribution is -2.33. The van der Waals surface area contributed by atoms with Crippen molar-refractivity contribution in [3.8, 4) is 5.75 Å². The number of carbonyl (C=O) groups excluding carboxylic acids is 1. The summed E-state index contributed by atoms with van der Waals surface area (Å²) in [6, 6.07) is 5.53. The van der Waals surface area contributed by atoms with Crippen molar-refractivity contribution in [3.05, 3.63) is 28.8 Å². The van der Waals surface area contributed by atoms with E-state index >= 15 is 0 Å². The Morgan fingerprint density at radius 1 is 1.26 bits per heavy atom. The van der Waals surface area contributed by atoms with Crippen LogP contribution in [0, 0.1) is 0 Å². The lowest BCUT2D eigenvalue weighted by molar-refractivity contribution is -0.130. The Morgan fingerprint density at radius 2 is 1.95 bits per heavy atom. The highest BCUT2D eigenvalue weighted by Gasteiger charge is 2.16. The number of likely N-dealkylation sites (tertiary alicyclic amines) is 1. The first-order valence-electron chi connectivity index (χ1n) is 6.81. The van der Waals surface area contributed by atoms with E-state index in [1.165, 1.54) is 12.8 Å². The van der Waals surface area contributed by atoms with Crippen LogP contribution in [-0.4, -0.2) is 31.0 Å². The minimum atomic E-state index is 0.197. The molecule has 0 aromatic heterocycles. The first kappa shape index (κ1) is 14.2. The third-order valence-electron chi connectivity index (χ3n) is 3.53. The SMILES string of the molecule is COc1ccc(CC(=O)N2CCCCCC2)cc1Cl. The van der Waals surface area contributed by atoms with Gasteiger partial charge in [-0.2, -0.15) is 0 Å². The highest BCUT2D eigenvalue weighted by atomic mass is 35.5. The molecule has 1 heterocycles. The van der Waals surface area contributed by atoms with Gasteiger partial charge in [0.2, 0.25) is 5.91 Å². The summed E-state index contributed by atoms with van der Waals surface area (Å²) >= 11 is 6.07. The molecule has 0 atom stereocenters. The van der Waals surface area contributed by atoms with Gasteiger partial charge in [0.05, 0.1) is 18.6 Å². The molecule has 0 bridgehead atoms. The standard InChI is InChI=1S/C15H20ClNO2/c1-19-14-7-6-12(10-13(14)16)11-15(18)17-8-4-2-3-5-9-17/h6-7,10H,2-5,8-9,11H2,1H3. The van der Waals surface area contributed by atoms with E-state index in [4.69, 9.17) is 16.3 Å². The van der Waals surface area contributed by atoms with E-state index in [9.17, 15) is 4.79 Å². The van der Waals surface area contributed by atoms with E-state index in [0.29, 0.717) is 17.2 Å². The van der Waals surface area contributed by atoms with Gasteiger partial charge in [0, 0.05) is 13.1 Å². The number of amides is 1. The van der Waals surface area contributed by atoms with Gasteiger partial charge in [-0.1, -0.05) is 30.5 Å². The Balaban J connectivity index is 1.99. The summed E-state index contributed by atoms with van der Waals surface area (Å²) in [6.45, 7) is 1.78. The average Bonchev–Trinajstić information content (AvgIpc) is 2.68. The zero-order valence-corrected chi connectivity index (χ0v) is 12.1. The molecule has 2 rings (SSSR count). The number of methoxy groups -OCH3 is 1. The fraction of sp³-hybridized carbons (Fsp3) is 0.533. The van der Waals surface area contributed by atoms with Crippen LogP contribution >= 0.6 is 11.6 Å². The maximum atomic E-state index is 12.2. The highest BCUT2D eigenvalue weighted by molar-refractivity contribution is 6.32. The van der Waals surface area contributed by atoms with Crippen molar-refractivity contribution < 1.29 is 9.53 Å². The predicted octanol–water partition coefficient (Wildman–Crippen LogP) is 3.29. The maximum Gasteiger partial charge on any atom is 0.226 e. The quantitative estimate of drug-likeness (QED) is 0.851. The molecule has 4 heteroatoms. The number of benzene rings is 1. The number of halogens is 1. The van der Waals surface area contributed by atoms with Gasteiger partial charge in [-0.15, -0.1) is 0 Å². The van der Waals surface area contributed by atoms with E-state index in [-0.39, 0.29) is 5.91 Å². The van der Waals surface area contributed by atoms with Crippen LogP contribution in [0.4, 0.5) is 0 Å². The van der Waals surface area contributed by atoms with Crippen LogP contribution in [0.5, 0.6) is 5.75 Å². The van der Waals surface area contributed by atoms with Gasteiger partial charge in [-0.25, -0.2) is 0 Å². The Hall–Kier alpha value is -1.22. The van der Waals surface area contributed by atoms with E-state index in [2.05, 4.69) is 0 Å². The van der Waals surface area contributed by atoms with Crippen LogP contribution in [0.1, 0.15) is 31.2 Å². The molecule has 0 saturated carbocycles. The number of hydrogen-bond donors (Lipinski definition) is 0. The zero-order valence-electron chi connectivity index (χ0n) is 11.3. The molecule has 1 aromatic rings. The topological polar surface area (TPSA) is 29.5 Å². The molecular formula is C15H20ClNO2. The van der Waals surface area contributed by atoms with Gasteiger partial charge >= 0.3 is 0 Å².